The zero-order valence-electron chi connectivity index (χ0n) is 21.4. The molecule has 0 saturated heterocycles. The van der Waals surface area contributed by atoms with Crippen LogP contribution in [0.25, 0.3) is 0 Å². The molecule has 8 atom stereocenters. The second kappa shape index (κ2) is 14.1. The number of carbonyl (C=O) groups is 2. The minimum atomic E-state index is -1.34. The maximum Gasteiger partial charge on any atom is 1.00 e. The third-order valence-electron chi connectivity index (χ3n) is 7.49. The topological polar surface area (TPSA) is 127 Å². The van der Waals surface area contributed by atoms with E-state index in [2.05, 4.69) is 13.0 Å². The molecule has 34 heavy (non-hydrogen) atoms. The van der Waals surface area contributed by atoms with Gasteiger partial charge >= 0.3 is 35.5 Å². The normalized spacial score (nSPS) is 29.6. The first-order valence-electron chi connectivity index (χ1n) is 12.4. The van der Waals surface area contributed by atoms with Crippen molar-refractivity contribution in [1.29, 1.82) is 0 Å². The molecule has 0 aliphatic heterocycles. The zero-order chi connectivity index (χ0) is 24.8. The van der Waals surface area contributed by atoms with Crippen molar-refractivity contribution >= 4 is 11.9 Å². The van der Waals surface area contributed by atoms with Gasteiger partial charge in [0.1, 0.15) is 6.10 Å². The first kappa shape index (κ1) is 31.3. The minimum absolute atomic E-state index is 0. The molecule has 0 bridgehead atoms. The molecule has 2 aliphatic rings. The van der Waals surface area contributed by atoms with Crippen LogP contribution in [0.3, 0.4) is 0 Å². The predicted molar refractivity (Wildman–Crippen MR) is 123 cm³/mol. The quantitative estimate of drug-likeness (QED) is 0.244. The van der Waals surface area contributed by atoms with Crippen molar-refractivity contribution in [1.82, 2.24) is 0 Å². The zero-order valence-corrected chi connectivity index (χ0v) is 23.4. The van der Waals surface area contributed by atoms with Crippen LogP contribution in [0.1, 0.15) is 79.1 Å². The summed E-state index contributed by atoms with van der Waals surface area (Å²) in [4.78, 5) is 23.8. The van der Waals surface area contributed by atoms with Gasteiger partial charge in [-0.25, -0.2) is 0 Å². The molecule has 0 aromatic heterocycles. The number of hydrogen-bond donors (Lipinski definition) is 3. The summed E-state index contributed by atoms with van der Waals surface area (Å²) in [5, 5.41) is 41.2. The Balaban J connectivity index is 0.00000578. The van der Waals surface area contributed by atoms with Crippen LogP contribution in [0.15, 0.2) is 23.8 Å². The SMILES string of the molecule is CCC[C@](C)(CC)C(=O)O[C@H]1C[C@H](O)C=C2C=C[C@H](C)C(CC[C@@H](O)C[C@@H](O)CC(=O)[O-])[C@H]21.[Na+]. The number of fused-ring (bicyclic) bond motifs is 1. The summed E-state index contributed by atoms with van der Waals surface area (Å²) in [7, 11) is 0. The van der Waals surface area contributed by atoms with E-state index in [1.165, 1.54) is 0 Å². The van der Waals surface area contributed by atoms with Crippen molar-refractivity contribution in [3.8, 4) is 0 Å². The number of rotatable bonds is 12. The molecule has 188 valence electrons. The van der Waals surface area contributed by atoms with Crippen molar-refractivity contribution in [3.05, 3.63) is 23.8 Å². The van der Waals surface area contributed by atoms with E-state index in [4.69, 9.17) is 4.74 Å². The molecule has 0 aromatic carbocycles. The van der Waals surface area contributed by atoms with Gasteiger partial charge in [-0.2, -0.15) is 0 Å². The summed E-state index contributed by atoms with van der Waals surface area (Å²) in [6.45, 7) is 8.06. The molecule has 0 spiro atoms. The van der Waals surface area contributed by atoms with Gasteiger partial charge in [0.2, 0.25) is 0 Å². The van der Waals surface area contributed by atoms with Crippen LogP contribution in [0.2, 0.25) is 0 Å². The fraction of sp³-hybridized carbons (Fsp3) is 0.769. The summed E-state index contributed by atoms with van der Waals surface area (Å²) in [6.07, 6.45) is 5.92. The number of aliphatic hydroxyl groups is 3. The van der Waals surface area contributed by atoms with E-state index in [1.54, 1.807) is 0 Å². The number of carboxylic acid groups (broad SMARTS) is 1. The minimum Gasteiger partial charge on any atom is -0.550 e. The number of hydrogen-bond acceptors (Lipinski definition) is 7. The summed E-state index contributed by atoms with van der Waals surface area (Å²) in [6, 6.07) is 0. The summed E-state index contributed by atoms with van der Waals surface area (Å²) in [5.41, 5.74) is 0.396. The Morgan fingerprint density at radius 3 is 2.53 bits per heavy atom. The first-order valence-corrected chi connectivity index (χ1v) is 12.4. The molecule has 2 rings (SSSR count). The monoisotopic (exact) mass is 488 g/mol. The Labute approximate surface area is 225 Å². The predicted octanol–water partition coefficient (Wildman–Crippen LogP) is -0.720. The Kier molecular flexibility index (Phi) is 13.0. The van der Waals surface area contributed by atoms with Crippen molar-refractivity contribution in [2.45, 2.75) is 103 Å². The maximum absolute atomic E-state index is 13.1. The van der Waals surface area contributed by atoms with Gasteiger partial charge in [0.25, 0.3) is 0 Å². The smallest absolute Gasteiger partial charge is 0.550 e. The Morgan fingerprint density at radius 1 is 1.26 bits per heavy atom. The molecule has 0 fully saturated rings. The van der Waals surface area contributed by atoms with Gasteiger partial charge in [-0.1, -0.05) is 45.4 Å². The van der Waals surface area contributed by atoms with Gasteiger partial charge in [0.15, 0.2) is 0 Å². The second-order valence-corrected chi connectivity index (χ2v) is 10.2. The van der Waals surface area contributed by atoms with Gasteiger partial charge in [-0.3, -0.25) is 4.79 Å². The van der Waals surface area contributed by atoms with E-state index in [1.807, 2.05) is 32.9 Å². The number of aliphatic hydroxyl groups excluding tert-OH is 3. The maximum atomic E-state index is 13.1. The van der Waals surface area contributed by atoms with E-state index in [0.29, 0.717) is 25.7 Å². The van der Waals surface area contributed by atoms with Gasteiger partial charge in [0, 0.05) is 24.7 Å². The molecule has 1 unspecified atom stereocenters. The largest absolute Gasteiger partial charge is 1.00 e. The summed E-state index contributed by atoms with van der Waals surface area (Å²) >= 11 is 0. The van der Waals surface area contributed by atoms with Crippen molar-refractivity contribution < 1.29 is 64.3 Å². The standard InChI is InChI=1S/C26H42O7.Na/c1-5-11-26(4,6-2)25(32)33-22-14-19(28)12-17-8-7-16(3)21(24(17)22)10-9-18(27)13-20(29)15-23(30)31;/h7-8,12,16,18-22,24,27-29H,5-6,9-11,13-15H2,1-4H3,(H,30,31);/q;+1/p-1/t16-,18+,19+,20+,21?,22-,24-,26-;/m0./s1. The Morgan fingerprint density at radius 2 is 1.94 bits per heavy atom. The molecule has 7 nitrogen and oxygen atoms in total. The molecular formula is C26H41NaO7. The van der Waals surface area contributed by atoms with Gasteiger partial charge in [-0.15, -0.1) is 0 Å². The molecule has 0 aromatic rings. The number of aliphatic carboxylic acids is 1. The average Bonchev–Trinajstić information content (AvgIpc) is 2.72. The Bertz CT molecular complexity index is 737. The molecule has 0 saturated carbocycles. The van der Waals surface area contributed by atoms with Crippen molar-refractivity contribution in [3.63, 3.8) is 0 Å². The van der Waals surface area contributed by atoms with E-state index in [-0.39, 0.29) is 59.7 Å². The molecule has 3 N–H and O–H groups in total. The van der Waals surface area contributed by atoms with Gasteiger partial charge in [-0.05, 0) is 56.4 Å². The van der Waals surface area contributed by atoms with E-state index in [9.17, 15) is 30.0 Å². The molecule has 8 heteroatoms. The fourth-order valence-electron chi connectivity index (χ4n) is 5.33. The molecule has 2 aliphatic carbocycles. The third-order valence-corrected chi connectivity index (χ3v) is 7.49. The Hall–Kier alpha value is -0.700. The number of carbonyl (C=O) groups excluding carboxylic acids is 2. The number of esters is 1. The van der Waals surface area contributed by atoms with Gasteiger partial charge in [0.05, 0.1) is 23.7 Å². The fourth-order valence-corrected chi connectivity index (χ4v) is 5.33. The van der Waals surface area contributed by atoms with Gasteiger partial charge < -0.3 is 30.0 Å². The van der Waals surface area contributed by atoms with Crippen molar-refractivity contribution in [2.75, 3.05) is 0 Å². The van der Waals surface area contributed by atoms with E-state index in [0.717, 1.165) is 18.4 Å². The first-order chi connectivity index (χ1) is 15.5. The van der Waals surface area contributed by atoms with E-state index < -0.39 is 42.2 Å². The number of carboxylic acids is 1. The van der Waals surface area contributed by atoms with Crippen LogP contribution in [-0.2, 0) is 14.3 Å². The second-order valence-electron chi connectivity index (χ2n) is 10.2. The molecule has 0 radical (unpaired) electrons. The number of allylic oxidation sites excluding steroid dienone is 2. The number of ether oxygens (including phenoxy) is 1. The average molecular weight is 489 g/mol. The molecule has 0 heterocycles. The summed E-state index contributed by atoms with van der Waals surface area (Å²) in [5.74, 6) is -1.39. The van der Waals surface area contributed by atoms with Crippen LogP contribution < -0.4 is 34.7 Å². The van der Waals surface area contributed by atoms with Crippen LogP contribution in [0, 0.1) is 23.2 Å². The summed E-state index contributed by atoms with van der Waals surface area (Å²) < 4.78 is 6.09. The molecule has 0 amide bonds. The van der Waals surface area contributed by atoms with Crippen LogP contribution >= 0.6 is 0 Å². The molecular weight excluding hydrogens is 447 g/mol. The van der Waals surface area contributed by atoms with Crippen LogP contribution in [-0.4, -0.2) is 51.7 Å². The van der Waals surface area contributed by atoms with Crippen LogP contribution in [0.4, 0.5) is 0 Å². The van der Waals surface area contributed by atoms with Crippen LogP contribution in [0.5, 0.6) is 0 Å². The van der Waals surface area contributed by atoms with E-state index >= 15 is 0 Å². The third kappa shape index (κ3) is 8.45. The van der Waals surface area contributed by atoms with Crippen molar-refractivity contribution in [2.24, 2.45) is 23.2 Å².